The van der Waals surface area contributed by atoms with Crippen LogP contribution in [0.25, 0.3) is 0 Å². The Morgan fingerprint density at radius 2 is 1.78 bits per heavy atom. The van der Waals surface area contributed by atoms with Crippen molar-refractivity contribution in [3.8, 4) is 0 Å². The van der Waals surface area contributed by atoms with Crippen LogP contribution in [0.4, 0.5) is 4.39 Å². The zero-order valence-electron chi connectivity index (χ0n) is 15.5. The molecule has 5 heteroatoms. The van der Waals surface area contributed by atoms with E-state index in [1.54, 1.807) is 30.0 Å². The van der Waals surface area contributed by atoms with Gasteiger partial charge >= 0.3 is 0 Å². The molecule has 2 amide bonds. The minimum absolute atomic E-state index is 0.131. The number of nitrogens with one attached hydrogen (secondary N) is 1. The average molecular weight is 368 g/mol. The summed E-state index contributed by atoms with van der Waals surface area (Å²) in [6.45, 7) is 5.95. The average Bonchev–Trinajstić information content (AvgIpc) is 2.70. The second-order valence-corrected chi connectivity index (χ2v) is 6.24. The molecule has 0 radical (unpaired) electrons. The number of carbonyl (C=O) groups is 2. The first-order valence-electron chi connectivity index (χ1n) is 9.01. The first-order valence-corrected chi connectivity index (χ1v) is 9.01. The summed E-state index contributed by atoms with van der Waals surface area (Å²) in [5.74, 6) is -0.701. The number of halogens is 1. The SMILES string of the molecule is C=CCNC(=O)[C@@H](Cc1ccccc1)N(Cc1ccc(F)cc1)C(=O)CC. The first kappa shape index (κ1) is 20.4. The van der Waals surface area contributed by atoms with Crippen LogP contribution in [0.1, 0.15) is 24.5 Å². The van der Waals surface area contributed by atoms with Gasteiger partial charge in [0, 0.05) is 25.9 Å². The summed E-state index contributed by atoms with van der Waals surface area (Å²) in [5, 5.41) is 2.80. The van der Waals surface area contributed by atoms with Gasteiger partial charge in [-0.2, -0.15) is 0 Å². The summed E-state index contributed by atoms with van der Waals surface area (Å²) < 4.78 is 13.2. The fourth-order valence-electron chi connectivity index (χ4n) is 2.83. The molecule has 1 atom stereocenters. The van der Waals surface area contributed by atoms with Gasteiger partial charge in [-0.3, -0.25) is 9.59 Å². The maximum Gasteiger partial charge on any atom is 0.243 e. The van der Waals surface area contributed by atoms with E-state index in [0.717, 1.165) is 11.1 Å². The van der Waals surface area contributed by atoms with Gasteiger partial charge in [-0.05, 0) is 23.3 Å². The molecule has 2 aromatic rings. The molecule has 4 nitrogen and oxygen atoms in total. The Labute approximate surface area is 159 Å². The van der Waals surface area contributed by atoms with Gasteiger partial charge in [-0.15, -0.1) is 6.58 Å². The molecule has 27 heavy (non-hydrogen) atoms. The summed E-state index contributed by atoms with van der Waals surface area (Å²) in [7, 11) is 0. The molecule has 0 aliphatic heterocycles. The van der Waals surface area contributed by atoms with Gasteiger partial charge in [0.1, 0.15) is 11.9 Å². The van der Waals surface area contributed by atoms with E-state index in [1.807, 2.05) is 30.3 Å². The normalized spacial score (nSPS) is 11.5. The van der Waals surface area contributed by atoms with Crippen LogP contribution < -0.4 is 5.32 Å². The van der Waals surface area contributed by atoms with Crippen LogP contribution in [0.3, 0.4) is 0 Å². The van der Waals surface area contributed by atoms with Gasteiger partial charge < -0.3 is 10.2 Å². The Balaban J connectivity index is 2.31. The fourth-order valence-corrected chi connectivity index (χ4v) is 2.83. The molecule has 0 aromatic heterocycles. The summed E-state index contributed by atoms with van der Waals surface area (Å²) >= 11 is 0. The number of carbonyl (C=O) groups excluding carboxylic acids is 2. The Kier molecular flexibility index (Phi) is 7.74. The van der Waals surface area contributed by atoms with Crippen LogP contribution in [-0.4, -0.2) is 29.3 Å². The van der Waals surface area contributed by atoms with Crippen LogP contribution in [0.15, 0.2) is 67.3 Å². The van der Waals surface area contributed by atoms with Crippen molar-refractivity contribution in [2.75, 3.05) is 6.54 Å². The van der Waals surface area contributed by atoms with Crippen molar-refractivity contribution in [1.29, 1.82) is 0 Å². The zero-order valence-corrected chi connectivity index (χ0v) is 15.5. The maximum atomic E-state index is 13.2. The van der Waals surface area contributed by atoms with Crippen LogP contribution in [-0.2, 0) is 22.6 Å². The van der Waals surface area contributed by atoms with E-state index in [1.165, 1.54) is 12.1 Å². The van der Waals surface area contributed by atoms with Crippen molar-refractivity contribution < 1.29 is 14.0 Å². The lowest BCUT2D eigenvalue weighted by Crippen LogP contribution is -2.50. The van der Waals surface area contributed by atoms with Crippen molar-refractivity contribution in [3.05, 3.63) is 84.2 Å². The molecule has 0 bridgehead atoms. The molecule has 0 aliphatic carbocycles. The number of amides is 2. The molecular formula is C22H25FN2O2. The third-order valence-corrected chi connectivity index (χ3v) is 4.26. The van der Waals surface area contributed by atoms with E-state index in [2.05, 4.69) is 11.9 Å². The number of hydrogen-bond donors (Lipinski definition) is 1. The Morgan fingerprint density at radius 3 is 2.37 bits per heavy atom. The largest absolute Gasteiger partial charge is 0.351 e. The summed E-state index contributed by atoms with van der Waals surface area (Å²) in [4.78, 5) is 27.0. The topological polar surface area (TPSA) is 49.4 Å². The summed E-state index contributed by atoms with van der Waals surface area (Å²) in [6, 6.07) is 14.9. The minimum atomic E-state index is -0.662. The highest BCUT2D eigenvalue weighted by molar-refractivity contribution is 5.88. The lowest BCUT2D eigenvalue weighted by atomic mass is 10.0. The van der Waals surface area contributed by atoms with Gasteiger partial charge in [0.25, 0.3) is 0 Å². The lowest BCUT2D eigenvalue weighted by Gasteiger charge is -2.31. The maximum absolute atomic E-state index is 13.2. The van der Waals surface area contributed by atoms with Crippen LogP contribution in [0.5, 0.6) is 0 Å². The molecule has 142 valence electrons. The molecule has 0 heterocycles. The predicted molar refractivity (Wildman–Crippen MR) is 104 cm³/mol. The van der Waals surface area contributed by atoms with Gasteiger partial charge in [0.05, 0.1) is 0 Å². The van der Waals surface area contributed by atoms with E-state index < -0.39 is 6.04 Å². The first-order chi connectivity index (χ1) is 13.0. The van der Waals surface area contributed by atoms with Gasteiger partial charge in [-0.25, -0.2) is 4.39 Å². The van der Waals surface area contributed by atoms with Gasteiger partial charge in [-0.1, -0.05) is 55.5 Å². The van der Waals surface area contributed by atoms with Crippen LogP contribution >= 0.6 is 0 Å². The molecule has 2 rings (SSSR count). The Bertz CT molecular complexity index is 760. The minimum Gasteiger partial charge on any atom is -0.351 e. The van der Waals surface area contributed by atoms with Crippen molar-refractivity contribution >= 4 is 11.8 Å². The second kappa shape index (κ2) is 10.3. The third-order valence-electron chi connectivity index (χ3n) is 4.26. The molecule has 1 N–H and O–H groups in total. The number of nitrogens with zero attached hydrogens (tertiary/aromatic N) is 1. The molecule has 0 saturated heterocycles. The highest BCUT2D eigenvalue weighted by Gasteiger charge is 2.29. The molecule has 0 spiro atoms. The van der Waals surface area contributed by atoms with Crippen molar-refractivity contribution in [3.63, 3.8) is 0 Å². The van der Waals surface area contributed by atoms with E-state index >= 15 is 0 Å². The van der Waals surface area contributed by atoms with Crippen molar-refractivity contribution in [2.45, 2.75) is 32.4 Å². The summed E-state index contributed by atoms with van der Waals surface area (Å²) in [5.41, 5.74) is 1.73. The molecule has 0 saturated carbocycles. The van der Waals surface area contributed by atoms with Gasteiger partial charge in [0.15, 0.2) is 0 Å². The Hall–Kier alpha value is -2.95. The molecule has 0 unspecified atom stereocenters. The number of benzene rings is 2. The van der Waals surface area contributed by atoms with E-state index in [-0.39, 0.29) is 30.6 Å². The summed E-state index contributed by atoms with van der Waals surface area (Å²) in [6.07, 6.45) is 2.28. The smallest absolute Gasteiger partial charge is 0.243 e. The number of hydrogen-bond acceptors (Lipinski definition) is 2. The molecule has 0 aliphatic rings. The lowest BCUT2D eigenvalue weighted by molar-refractivity contribution is -0.140. The van der Waals surface area contributed by atoms with E-state index in [4.69, 9.17) is 0 Å². The zero-order chi connectivity index (χ0) is 19.6. The highest BCUT2D eigenvalue weighted by Crippen LogP contribution is 2.16. The highest BCUT2D eigenvalue weighted by atomic mass is 19.1. The molecule has 0 fully saturated rings. The fraction of sp³-hybridized carbons (Fsp3) is 0.273. The van der Waals surface area contributed by atoms with E-state index in [9.17, 15) is 14.0 Å². The second-order valence-electron chi connectivity index (χ2n) is 6.24. The van der Waals surface area contributed by atoms with Crippen LogP contribution in [0.2, 0.25) is 0 Å². The Morgan fingerprint density at radius 1 is 1.11 bits per heavy atom. The molecular weight excluding hydrogens is 343 g/mol. The van der Waals surface area contributed by atoms with Gasteiger partial charge in [0.2, 0.25) is 11.8 Å². The van der Waals surface area contributed by atoms with Crippen LogP contribution in [0, 0.1) is 5.82 Å². The number of rotatable bonds is 9. The standard InChI is InChI=1S/C22H25FN2O2/c1-3-14-24-22(27)20(15-17-8-6-5-7-9-17)25(21(26)4-2)16-18-10-12-19(23)13-11-18/h3,5-13,20H,1,4,14-16H2,2H3,(H,24,27)/t20-/m1/s1. The van der Waals surface area contributed by atoms with Crippen molar-refractivity contribution in [1.82, 2.24) is 10.2 Å². The van der Waals surface area contributed by atoms with E-state index in [0.29, 0.717) is 13.0 Å². The quantitative estimate of drug-likeness (QED) is 0.689. The van der Waals surface area contributed by atoms with Crippen molar-refractivity contribution in [2.24, 2.45) is 0 Å². The predicted octanol–water partition coefficient (Wildman–Crippen LogP) is 3.48. The molecule has 2 aromatic carbocycles. The monoisotopic (exact) mass is 368 g/mol. The third kappa shape index (κ3) is 6.06.